The van der Waals surface area contributed by atoms with Crippen LogP contribution in [-0.2, 0) is 11.8 Å². The van der Waals surface area contributed by atoms with Crippen LogP contribution in [0.3, 0.4) is 0 Å². The molecule has 222 valence electrons. The molecule has 2 amide bonds. The van der Waals surface area contributed by atoms with Crippen LogP contribution in [0, 0.1) is 20.7 Å². The summed E-state index contributed by atoms with van der Waals surface area (Å²) in [6.07, 6.45) is -19.1. The van der Waals surface area contributed by atoms with E-state index in [1.54, 1.807) is 11.4 Å². The van der Waals surface area contributed by atoms with Crippen LogP contribution in [0.15, 0.2) is 54.6 Å². The van der Waals surface area contributed by atoms with Crippen molar-refractivity contribution in [3.05, 3.63) is 91.8 Å². The average molecular weight is 721 g/mol. The highest BCUT2D eigenvalue weighted by molar-refractivity contribution is 14.1. The fourth-order valence-electron chi connectivity index (χ4n) is 3.52. The molecule has 3 aromatic carbocycles. The number of amides is 2. The fraction of sp³-hybridized carbons (Fsp3) is 0.160. The van der Waals surface area contributed by atoms with Crippen molar-refractivity contribution in [2.75, 3.05) is 10.6 Å². The highest BCUT2D eigenvalue weighted by atomic mass is 127. The lowest BCUT2D eigenvalue weighted by molar-refractivity contribution is -0.348. The van der Waals surface area contributed by atoms with Crippen LogP contribution in [0.1, 0.15) is 37.4 Å². The van der Waals surface area contributed by atoms with Gasteiger partial charge in [0.2, 0.25) is 0 Å². The predicted molar refractivity (Wildman–Crippen MR) is 133 cm³/mol. The van der Waals surface area contributed by atoms with E-state index in [9.17, 15) is 53.5 Å². The van der Waals surface area contributed by atoms with Crippen LogP contribution in [0.25, 0.3) is 0 Å². The van der Waals surface area contributed by atoms with Gasteiger partial charge in [0.1, 0.15) is 0 Å². The molecule has 42 heavy (non-hydrogen) atoms. The van der Waals surface area contributed by atoms with Crippen molar-refractivity contribution in [3.63, 3.8) is 0 Å². The number of halogens is 12. The molecular formula is C25H11F11IN3O2. The maximum atomic E-state index is 15.1. The van der Waals surface area contributed by atoms with Gasteiger partial charge in [0.05, 0.1) is 34.1 Å². The molecule has 0 fully saturated rings. The van der Waals surface area contributed by atoms with E-state index in [0.29, 0.717) is 0 Å². The summed E-state index contributed by atoms with van der Waals surface area (Å²) in [4.78, 5) is 25.2. The van der Waals surface area contributed by atoms with Crippen molar-refractivity contribution >= 4 is 45.8 Å². The summed E-state index contributed by atoms with van der Waals surface area (Å²) < 4.78 is 149. The number of benzene rings is 3. The second kappa shape index (κ2) is 11.4. The third kappa shape index (κ3) is 6.27. The topological polar surface area (TPSA) is 82.0 Å². The quantitative estimate of drug-likeness (QED) is 0.207. The number of nitrogens with zero attached hydrogens (tertiary/aromatic N) is 1. The molecule has 17 heteroatoms. The Hall–Kier alpha value is -3.95. The van der Waals surface area contributed by atoms with Crippen molar-refractivity contribution in [1.29, 1.82) is 5.26 Å². The summed E-state index contributed by atoms with van der Waals surface area (Å²) in [5.41, 5.74) is -13.8. The Labute approximate surface area is 241 Å². The van der Waals surface area contributed by atoms with E-state index in [0.717, 1.165) is 40.8 Å². The lowest BCUT2D eigenvalue weighted by Gasteiger charge is -2.31. The maximum Gasteiger partial charge on any atom is 0.435 e. The molecule has 0 heterocycles. The van der Waals surface area contributed by atoms with E-state index in [1.165, 1.54) is 24.3 Å². The highest BCUT2D eigenvalue weighted by Crippen LogP contribution is 2.54. The molecule has 3 aromatic rings. The molecule has 0 bridgehead atoms. The van der Waals surface area contributed by atoms with E-state index in [-0.39, 0.29) is 17.2 Å². The zero-order chi connectivity index (χ0) is 31.8. The van der Waals surface area contributed by atoms with E-state index in [4.69, 9.17) is 5.26 Å². The molecule has 0 aliphatic carbocycles. The van der Waals surface area contributed by atoms with Crippen LogP contribution in [-0.4, -0.2) is 24.2 Å². The highest BCUT2D eigenvalue weighted by Gasteiger charge is 2.73. The number of rotatable bonds is 5. The Bertz CT molecular complexity index is 1560. The summed E-state index contributed by atoms with van der Waals surface area (Å²) in [6, 6.07) is 8.61. The zero-order valence-corrected chi connectivity index (χ0v) is 22.2. The van der Waals surface area contributed by atoms with Gasteiger partial charge in [0.15, 0.2) is 5.82 Å². The summed E-state index contributed by atoms with van der Waals surface area (Å²) in [5, 5.41) is 12.5. The summed E-state index contributed by atoms with van der Waals surface area (Å²) >= 11 is 0.857. The molecule has 0 aliphatic heterocycles. The SMILES string of the molecule is N#Cc1ccc(C(=O)Nc2cccc(C(=O)Nc3c(I)cc(C(F)(C(F)(F)F)C(F)(F)F)cc3C(F)(F)F)c2F)cc1. The molecule has 0 aromatic heterocycles. The Balaban J connectivity index is 2.02. The summed E-state index contributed by atoms with van der Waals surface area (Å²) in [7, 11) is 0. The van der Waals surface area contributed by atoms with Gasteiger partial charge in [-0.25, -0.2) is 8.78 Å². The van der Waals surface area contributed by atoms with Gasteiger partial charge in [-0.05, 0) is 71.1 Å². The zero-order valence-electron chi connectivity index (χ0n) is 20.0. The molecule has 0 unspecified atom stereocenters. The molecule has 3 rings (SSSR count). The molecule has 0 saturated carbocycles. The molecule has 0 atom stereocenters. The number of alkyl halides is 10. The normalized spacial score (nSPS) is 12.5. The standard InChI is InChI=1S/C25H11F11IN3O2/c26-18-14(2-1-3-17(18)39-20(41)12-6-4-11(10-38)5-7-12)21(42)40-19-15(23(28,29)30)8-13(9-16(19)37)22(27,24(31,32)33)25(34,35)36/h1-9H,(H,39,41)(H,40,42). The van der Waals surface area contributed by atoms with Gasteiger partial charge in [-0.15, -0.1) is 0 Å². The number of anilines is 2. The minimum absolute atomic E-state index is 0.0469. The molecule has 0 aliphatic rings. The van der Waals surface area contributed by atoms with E-state index < -0.39 is 79.5 Å². The van der Waals surface area contributed by atoms with E-state index >= 15 is 4.39 Å². The summed E-state index contributed by atoms with van der Waals surface area (Å²) in [5.74, 6) is -4.02. The average Bonchev–Trinajstić information content (AvgIpc) is 2.88. The molecular weight excluding hydrogens is 710 g/mol. The molecule has 5 nitrogen and oxygen atoms in total. The fourth-order valence-corrected chi connectivity index (χ4v) is 4.28. The minimum Gasteiger partial charge on any atom is -0.320 e. The monoisotopic (exact) mass is 721 g/mol. The summed E-state index contributed by atoms with van der Waals surface area (Å²) in [6.45, 7) is 0. The van der Waals surface area contributed by atoms with Gasteiger partial charge in [-0.1, -0.05) is 6.07 Å². The first kappa shape index (κ1) is 32.6. The second-order valence-corrected chi connectivity index (χ2v) is 9.46. The smallest absolute Gasteiger partial charge is 0.320 e. The molecule has 0 spiro atoms. The van der Waals surface area contributed by atoms with Crippen LogP contribution in [0.5, 0.6) is 0 Å². The Morgan fingerprint density at radius 2 is 1.36 bits per heavy atom. The van der Waals surface area contributed by atoms with Crippen molar-refractivity contribution < 1.29 is 57.9 Å². The number of carbonyl (C=O) groups is 2. The van der Waals surface area contributed by atoms with Gasteiger partial charge in [0, 0.05) is 14.7 Å². The lowest BCUT2D eigenvalue weighted by Crippen LogP contribution is -2.50. The van der Waals surface area contributed by atoms with Gasteiger partial charge in [-0.2, -0.15) is 44.8 Å². The Morgan fingerprint density at radius 3 is 1.86 bits per heavy atom. The van der Waals surface area contributed by atoms with Crippen LogP contribution in [0.2, 0.25) is 0 Å². The third-order valence-electron chi connectivity index (χ3n) is 5.58. The van der Waals surface area contributed by atoms with Crippen LogP contribution < -0.4 is 10.6 Å². The van der Waals surface area contributed by atoms with Crippen molar-refractivity contribution in [2.24, 2.45) is 0 Å². The Morgan fingerprint density at radius 1 is 0.786 bits per heavy atom. The molecule has 0 radical (unpaired) electrons. The second-order valence-electron chi connectivity index (χ2n) is 8.30. The molecule has 2 N–H and O–H groups in total. The van der Waals surface area contributed by atoms with E-state index in [2.05, 4.69) is 5.32 Å². The van der Waals surface area contributed by atoms with Crippen molar-refractivity contribution in [2.45, 2.75) is 24.2 Å². The Kier molecular flexibility index (Phi) is 8.82. The first-order valence-electron chi connectivity index (χ1n) is 10.9. The predicted octanol–water partition coefficient (Wildman–Crippen LogP) is 8.11. The van der Waals surface area contributed by atoms with Gasteiger partial charge in [-0.3, -0.25) is 9.59 Å². The number of carbonyl (C=O) groups excluding carboxylic acids is 2. The van der Waals surface area contributed by atoms with Crippen molar-refractivity contribution in [3.8, 4) is 6.07 Å². The van der Waals surface area contributed by atoms with Gasteiger partial charge < -0.3 is 10.6 Å². The number of hydrogen-bond acceptors (Lipinski definition) is 3. The lowest BCUT2D eigenvalue weighted by atomic mass is 9.92. The largest absolute Gasteiger partial charge is 0.435 e. The first-order valence-corrected chi connectivity index (χ1v) is 11.9. The first-order chi connectivity index (χ1) is 19.2. The number of nitrogens with one attached hydrogen (secondary N) is 2. The van der Waals surface area contributed by atoms with E-state index in [1.807, 2.05) is 0 Å². The number of hydrogen-bond donors (Lipinski definition) is 2. The third-order valence-corrected chi connectivity index (χ3v) is 6.43. The maximum absolute atomic E-state index is 15.1. The molecule has 0 saturated heterocycles. The van der Waals surface area contributed by atoms with Gasteiger partial charge in [0.25, 0.3) is 11.8 Å². The van der Waals surface area contributed by atoms with Crippen LogP contribution >= 0.6 is 22.6 Å². The minimum atomic E-state index is -6.71. The number of nitriles is 1. The van der Waals surface area contributed by atoms with Gasteiger partial charge >= 0.3 is 24.2 Å². The van der Waals surface area contributed by atoms with Crippen LogP contribution in [0.4, 0.5) is 59.7 Å². The van der Waals surface area contributed by atoms with Crippen molar-refractivity contribution in [1.82, 2.24) is 0 Å².